The normalized spacial score (nSPS) is 19.1. The zero-order valence-corrected chi connectivity index (χ0v) is 20.6. The zero-order chi connectivity index (χ0) is 26.1. The summed E-state index contributed by atoms with van der Waals surface area (Å²) in [6.45, 7) is 6.01. The molecule has 1 saturated carbocycles. The summed E-state index contributed by atoms with van der Waals surface area (Å²) in [5, 5.41) is 5.62. The molecule has 4 rings (SSSR count). The number of nitrogens with one attached hydrogen (secondary N) is 2. The first kappa shape index (κ1) is 25.8. The Morgan fingerprint density at radius 3 is 2.39 bits per heavy atom. The second-order valence-corrected chi connectivity index (χ2v) is 10.4. The van der Waals surface area contributed by atoms with Crippen molar-refractivity contribution in [1.29, 1.82) is 0 Å². The lowest BCUT2D eigenvalue weighted by atomic mass is 10.0. The van der Waals surface area contributed by atoms with Crippen LogP contribution in [0.25, 0.3) is 0 Å². The fraction of sp³-hybridized carbons (Fsp3) is 0.500. The molecule has 1 saturated heterocycles. The van der Waals surface area contributed by atoms with Crippen molar-refractivity contribution in [2.24, 2.45) is 0 Å². The molecule has 1 unspecified atom stereocenters. The summed E-state index contributed by atoms with van der Waals surface area (Å²) in [6.07, 6.45) is -0.170. The van der Waals surface area contributed by atoms with Crippen LogP contribution in [0.3, 0.4) is 0 Å². The molecule has 1 aliphatic carbocycles. The summed E-state index contributed by atoms with van der Waals surface area (Å²) in [6, 6.07) is 7.41. The lowest BCUT2D eigenvalue weighted by Gasteiger charge is -2.25. The van der Waals surface area contributed by atoms with Gasteiger partial charge in [-0.25, -0.2) is 4.79 Å². The number of nitrogens with zero attached hydrogens (tertiary/aromatic N) is 2. The third-order valence-electron chi connectivity index (χ3n) is 6.19. The van der Waals surface area contributed by atoms with E-state index in [4.69, 9.17) is 4.74 Å². The molecule has 194 valence electrons. The largest absolute Gasteiger partial charge is 0.444 e. The monoisotopic (exact) mass is 504 g/mol. The molecule has 10 heteroatoms. The number of alkyl halides is 3. The minimum absolute atomic E-state index is 0.305. The molecule has 36 heavy (non-hydrogen) atoms. The molecule has 2 N–H and O–H groups in total. The highest BCUT2D eigenvalue weighted by atomic mass is 19.4. The van der Waals surface area contributed by atoms with Gasteiger partial charge in [0.2, 0.25) is 5.91 Å². The first-order chi connectivity index (χ1) is 16.9. The van der Waals surface area contributed by atoms with Gasteiger partial charge < -0.3 is 20.3 Å². The Morgan fingerprint density at radius 1 is 1.08 bits per heavy atom. The van der Waals surface area contributed by atoms with Crippen molar-refractivity contribution in [2.45, 2.75) is 69.8 Å². The van der Waals surface area contributed by atoms with E-state index in [9.17, 15) is 22.8 Å². The van der Waals surface area contributed by atoms with Crippen LogP contribution in [0.5, 0.6) is 0 Å². The maximum atomic E-state index is 13.3. The lowest BCUT2D eigenvalue weighted by molar-refractivity contribution is -0.137. The number of aromatic nitrogens is 1. The number of amides is 2. The summed E-state index contributed by atoms with van der Waals surface area (Å²) in [4.78, 5) is 31.3. The van der Waals surface area contributed by atoms with E-state index in [1.807, 2.05) is 24.3 Å². The van der Waals surface area contributed by atoms with Crippen LogP contribution in [0.4, 0.5) is 23.7 Å². The van der Waals surface area contributed by atoms with Gasteiger partial charge in [0.15, 0.2) is 0 Å². The molecule has 0 bridgehead atoms. The molecule has 2 aromatic rings. The average Bonchev–Trinajstić information content (AvgIpc) is 3.54. The van der Waals surface area contributed by atoms with Gasteiger partial charge in [-0.3, -0.25) is 9.78 Å². The highest BCUT2D eigenvalue weighted by molar-refractivity contribution is 5.87. The highest BCUT2D eigenvalue weighted by Gasteiger charge is 2.34. The van der Waals surface area contributed by atoms with Crippen LogP contribution < -0.4 is 15.5 Å². The second-order valence-electron chi connectivity index (χ2n) is 10.4. The number of pyridine rings is 1. The van der Waals surface area contributed by atoms with Gasteiger partial charge >= 0.3 is 12.3 Å². The number of alkyl carbamates (subject to hydrolysis) is 1. The van der Waals surface area contributed by atoms with Crippen LogP contribution in [0.2, 0.25) is 0 Å². The Hall–Kier alpha value is -3.30. The number of hydrogen-bond acceptors (Lipinski definition) is 5. The smallest absolute Gasteiger partial charge is 0.417 e. The third kappa shape index (κ3) is 6.67. The number of carbonyl (C=O) groups is 2. The molecule has 7 nitrogen and oxygen atoms in total. The van der Waals surface area contributed by atoms with Gasteiger partial charge in [-0.2, -0.15) is 13.2 Å². The molecular weight excluding hydrogens is 473 g/mol. The summed E-state index contributed by atoms with van der Waals surface area (Å²) in [7, 11) is 0. The fourth-order valence-corrected chi connectivity index (χ4v) is 4.26. The topological polar surface area (TPSA) is 83.6 Å². The van der Waals surface area contributed by atoms with E-state index in [2.05, 4.69) is 15.6 Å². The van der Waals surface area contributed by atoms with Crippen molar-refractivity contribution < 1.29 is 27.5 Å². The van der Waals surface area contributed by atoms with Crippen molar-refractivity contribution in [3.8, 4) is 0 Å². The predicted molar refractivity (Wildman–Crippen MR) is 129 cm³/mol. The predicted octanol–water partition coefficient (Wildman–Crippen LogP) is 4.94. The molecule has 2 heterocycles. The molecule has 1 aromatic heterocycles. The van der Waals surface area contributed by atoms with Gasteiger partial charge in [0, 0.05) is 25.3 Å². The Labute approximate surface area is 208 Å². The van der Waals surface area contributed by atoms with Crippen molar-refractivity contribution in [2.75, 3.05) is 18.0 Å². The quantitative estimate of drug-likeness (QED) is 0.582. The highest BCUT2D eigenvalue weighted by Crippen LogP contribution is 2.40. The van der Waals surface area contributed by atoms with E-state index in [1.165, 1.54) is 11.8 Å². The summed E-state index contributed by atoms with van der Waals surface area (Å²) < 4.78 is 44.6. The SMILES string of the molecule is CC(C)(C)OC(=O)NC(C(=O)N[C@@H]1CCN(c2cncc(C(F)(F)F)c2)C1)c1ccc(C2CC2)cc1. The van der Waals surface area contributed by atoms with E-state index in [-0.39, 0.29) is 6.04 Å². The van der Waals surface area contributed by atoms with E-state index in [0.717, 1.165) is 25.1 Å². The summed E-state index contributed by atoms with van der Waals surface area (Å²) >= 11 is 0. The standard InChI is InChI=1S/C26H31F3N4O3/c1-25(2,3)36-24(35)32-22(18-8-6-17(7-9-18)16-4-5-16)23(34)31-20-10-11-33(15-20)21-12-19(13-30-14-21)26(27,28)29/h6-9,12-14,16,20,22H,4-5,10-11,15H2,1-3H3,(H,31,34)(H,32,35)/t20-,22?/m1/s1. The first-order valence-corrected chi connectivity index (χ1v) is 12.1. The Kier molecular flexibility index (Phi) is 7.15. The number of rotatable bonds is 6. The van der Waals surface area contributed by atoms with Crippen LogP contribution in [-0.4, -0.2) is 41.7 Å². The molecule has 0 radical (unpaired) electrons. The molecule has 2 amide bonds. The third-order valence-corrected chi connectivity index (χ3v) is 6.19. The van der Waals surface area contributed by atoms with Gasteiger partial charge in [0.1, 0.15) is 11.6 Å². The minimum Gasteiger partial charge on any atom is -0.444 e. The van der Waals surface area contributed by atoms with Gasteiger partial charge in [-0.05, 0) is 63.1 Å². The minimum atomic E-state index is -4.48. The first-order valence-electron chi connectivity index (χ1n) is 12.1. The van der Waals surface area contributed by atoms with Crippen LogP contribution >= 0.6 is 0 Å². The molecule has 1 aliphatic heterocycles. The maximum Gasteiger partial charge on any atom is 0.417 e. The maximum absolute atomic E-state index is 13.3. The molecule has 1 aromatic carbocycles. The van der Waals surface area contributed by atoms with E-state index >= 15 is 0 Å². The van der Waals surface area contributed by atoms with Gasteiger partial charge in [0.05, 0.1) is 17.4 Å². The Balaban J connectivity index is 1.45. The van der Waals surface area contributed by atoms with Crippen molar-refractivity contribution >= 4 is 17.7 Å². The van der Waals surface area contributed by atoms with Crippen LogP contribution in [0.1, 0.15) is 68.7 Å². The van der Waals surface area contributed by atoms with Crippen molar-refractivity contribution in [3.63, 3.8) is 0 Å². The molecular formula is C26H31F3N4O3. The van der Waals surface area contributed by atoms with Crippen LogP contribution in [0.15, 0.2) is 42.7 Å². The lowest BCUT2D eigenvalue weighted by Crippen LogP contribution is -2.46. The Bertz CT molecular complexity index is 1090. The van der Waals surface area contributed by atoms with Crippen LogP contribution in [-0.2, 0) is 15.7 Å². The zero-order valence-electron chi connectivity index (χ0n) is 20.6. The number of ether oxygens (including phenoxy) is 1. The molecule has 2 aliphatic rings. The number of hydrogen-bond donors (Lipinski definition) is 2. The van der Waals surface area contributed by atoms with E-state index < -0.39 is 35.4 Å². The fourth-order valence-electron chi connectivity index (χ4n) is 4.26. The van der Waals surface area contributed by atoms with E-state index in [1.54, 1.807) is 25.7 Å². The second kappa shape index (κ2) is 9.99. The van der Waals surface area contributed by atoms with Gasteiger partial charge in [0.25, 0.3) is 0 Å². The van der Waals surface area contributed by atoms with Crippen LogP contribution in [0, 0.1) is 0 Å². The molecule has 0 spiro atoms. The van der Waals surface area contributed by atoms with Gasteiger partial charge in [-0.1, -0.05) is 24.3 Å². The Morgan fingerprint density at radius 2 is 1.78 bits per heavy atom. The summed E-state index contributed by atoms with van der Waals surface area (Å²) in [5.74, 6) is 0.147. The average molecular weight is 505 g/mol. The number of halogens is 3. The molecule has 2 atom stereocenters. The number of anilines is 1. The van der Waals surface area contributed by atoms with Crippen molar-refractivity contribution in [3.05, 3.63) is 59.4 Å². The summed E-state index contributed by atoms with van der Waals surface area (Å²) in [5.41, 5.74) is 0.631. The number of benzene rings is 1. The molecule has 2 fully saturated rings. The number of carbonyl (C=O) groups excluding carboxylic acids is 2. The van der Waals surface area contributed by atoms with Crippen molar-refractivity contribution in [1.82, 2.24) is 15.6 Å². The van der Waals surface area contributed by atoms with Gasteiger partial charge in [-0.15, -0.1) is 0 Å². The van der Waals surface area contributed by atoms with E-state index in [0.29, 0.717) is 36.7 Å².